The molecule has 7 nitrogen and oxygen atoms in total. The van der Waals surface area contributed by atoms with Gasteiger partial charge in [-0.3, -0.25) is 4.79 Å². The van der Waals surface area contributed by atoms with Crippen LogP contribution in [-0.2, 0) is 13.6 Å². The summed E-state index contributed by atoms with van der Waals surface area (Å²) in [6.07, 6.45) is 7.53. The Bertz CT molecular complexity index is 750. The molecule has 3 heterocycles. The van der Waals surface area contributed by atoms with Gasteiger partial charge in [-0.25, -0.2) is 9.97 Å². The summed E-state index contributed by atoms with van der Waals surface area (Å²) in [7, 11) is 1.93. The highest BCUT2D eigenvalue weighted by Crippen LogP contribution is 2.26. The number of nitrogens with zero attached hydrogens (tertiary/aromatic N) is 4. The van der Waals surface area contributed by atoms with Gasteiger partial charge >= 0.3 is 0 Å². The molecule has 1 atom stereocenters. The molecule has 0 aromatic carbocycles. The Morgan fingerprint density at radius 2 is 2.26 bits per heavy atom. The van der Waals surface area contributed by atoms with E-state index in [1.807, 2.05) is 24.7 Å². The fourth-order valence-corrected chi connectivity index (χ4v) is 3.31. The van der Waals surface area contributed by atoms with Gasteiger partial charge in [0.2, 0.25) is 5.88 Å². The van der Waals surface area contributed by atoms with Crippen LogP contribution in [0.15, 0.2) is 30.7 Å². The van der Waals surface area contributed by atoms with Crippen LogP contribution in [0.4, 0.5) is 0 Å². The molecule has 0 saturated carbocycles. The fraction of sp³-hybridized carbons (Fsp3) is 0.550. The lowest BCUT2D eigenvalue weighted by molar-refractivity contribution is 0.0746. The Morgan fingerprint density at radius 1 is 1.41 bits per heavy atom. The van der Waals surface area contributed by atoms with E-state index in [1.165, 1.54) is 6.42 Å². The maximum Gasteiger partial charge on any atom is 0.255 e. The summed E-state index contributed by atoms with van der Waals surface area (Å²) >= 11 is 0. The maximum atomic E-state index is 12.8. The van der Waals surface area contributed by atoms with Gasteiger partial charge in [0.05, 0.1) is 18.7 Å². The number of imidazole rings is 1. The summed E-state index contributed by atoms with van der Waals surface area (Å²) in [6.45, 7) is 7.94. The summed E-state index contributed by atoms with van der Waals surface area (Å²) in [6, 6.07) is 3.56. The number of ether oxygens (including phenoxy) is 1. The Hall–Kier alpha value is -2.41. The van der Waals surface area contributed by atoms with Crippen LogP contribution in [0.5, 0.6) is 5.88 Å². The van der Waals surface area contributed by atoms with Crippen molar-refractivity contribution in [1.82, 2.24) is 24.8 Å². The standard InChI is InChI=1S/C20H29N5O2/c1-4-25(13-17-22-10-11-24(17)3)19(26)16-6-7-18(23-12-16)27-15-20(2)8-5-9-21-14-20/h6-7,10-12,21H,4-5,8-9,13-15H2,1-3H3. The van der Waals surface area contributed by atoms with Crippen molar-refractivity contribution in [2.45, 2.75) is 33.2 Å². The molecule has 1 aliphatic heterocycles. The van der Waals surface area contributed by atoms with Crippen molar-refractivity contribution in [3.8, 4) is 5.88 Å². The zero-order valence-corrected chi connectivity index (χ0v) is 16.4. The van der Waals surface area contributed by atoms with Gasteiger partial charge in [-0.1, -0.05) is 6.92 Å². The number of amides is 1. The first-order valence-corrected chi connectivity index (χ1v) is 9.56. The third kappa shape index (κ3) is 4.86. The normalized spacial score (nSPS) is 19.7. The fourth-order valence-electron chi connectivity index (χ4n) is 3.31. The highest BCUT2D eigenvalue weighted by Gasteiger charge is 2.27. The number of carbonyl (C=O) groups excluding carboxylic acids is 1. The molecule has 3 rings (SSSR count). The molecule has 1 unspecified atom stereocenters. The second-order valence-corrected chi connectivity index (χ2v) is 7.54. The van der Waals surface area contributed by atoms with Crippen molar-refractivity contribution < 1.29 is 9.53 Å². The molecule has 1 aliphatic rings. The lowest BCUT2D eigenvalue weighted by atomic mass is 9.84. The van der Waals surface area contributed by atoms with E-state index in [0.29, 0.717) is 31.1 Å². The van der Waals surface area contributed by atoms with E-state index in [0.717, 1.165) is 25.3 Å². The quantitative estimate of drug-likeness (QED) is 0.808. The highest BCUT2D eigenvalue weighted by molar-refractivity contribution is 5.93. The van der Waals surface area contributed by atoms with Crippen LogP contribution >= 0.6 is 0 Å². The number of hydrogen-bond donors (Lipinski definition) is 1. The van der Waals surface area contributed by atoms with Crippen molar-refractivity contribution in [1.29, 1.82) is 0 Å². The minimum Gasteiger partial charge on any atom is -0.477 e. The van der Waals surface area contributed by atoms with Crippen LogP contribution in [0, 0.1) is 5.41 Å². The number of hydrogen-bond acceptors (Lipinski definition) is 5. The average Bonchev–Trinajstić information content (AvgIpc) is 3.09. The van der Waals surface area contributed by atoms with Gasteiger partial charge in [-0.05, 0) is 32.4 Å². The first-order valence-electron chi connectivity index (χ1n) is 9.56. The van der Waals surface area contributed by atoms with Gasteiger partial charge in [0.25, 0.3) is 5.91 Å². The van der Waals surface area contributed by atoms with E-state index in [2.05, 4.69) is 22.2 Å². The number of pyridine rings is 1. The number of rotatable bonds is 7. The van der Waals surface area contributed by atoms with Crippen molar-refractivity contribution in [2.75, 3.05) is 26.2 Å². The van der Waals surface area contributed by atoms with E-state index in [-0.39, 0.29) is 11.3 Å². The molecular weight excluding hydrogens is 342 g/mol. The van der Waals surface area contributed by atoms with Crippen LogP contribution in [0.2, 0.25) is 0 Å². The smallest absolute Gasteiger partial charge is 0.255 e. The average molecular weight is 371 g/mol. The predicted octanol–water partition coefficient (Wildman–Crippen LogP) is 2.25. The van der Waals surface area contributed by atoms with E-state index >= 15 is 0 Å². The second-order valence-electron chi connectivity index (χ2n) is 7.54. The summed E-state index contributed by atoms with van der Waals surface area (Å²) in [5.74, 6) is 1.36. The van der Waals surface area contributed by atoms with E-state index in [1.54, 1.807) is 29.4 Å². The van der Waals surface area contributed by atoms with Crippen molar-refractivity contribution in [3.63, 3.8) is 0 Å². The Morgan fingerprint density at radius 3 is 2.85 bits per heavy atom. The lowest BCUT2D eigenvalue weighted by Crippen LogP contribution is -2.41. The zero-order chi connectivity index (χ0) is 19.3. The molecule has 0 radical (unpaired) electrons. The van der Waals surface area contributed by atoms with Crippen molar-refractivity contribution >= 4 is 5.91 Å². The largest absolute Gasteiger partial charge is 0.477 e. The molecule has 2 aromatic heterocycles. The molecule has 2 aromatic rings. The van der Waals surface area contributed by atoms with Gasteiger partial charge in [0, 0.05) is 50.2 Å². The molecule has 0 aliphatic carbocycles. The van der Waals surface area contributed by atoms with Crippen LogP contribution in [-0.4, -0.2) is 51.6 Å². The summed E-state index contributed by atoms with van der Waals surface area (Å²) in [5.41, 5.74) is 0.694. The Labute approximate surface area is 160 Å². The minimum absolute atomic E-state index is 0.0528. The van der Waals surface area contributed by atoms with Crippen LogP contribution < -0.4 is 10.1 Å². The third-order valence-electron chi connectivity index (χ3n) is 5.16. The molecule has 7 heteroatoms. The SMILES string of the molecule is CCN(Cc1nccn1C)C(=O)c1ccc(OCC2(C)CCCNC2)nc1. The van der Waals surface area contributed by atoms with E-state index in [4.69, 9.17) is 4.74 Å². The highest BCUT2D eigenvalue weighted by atomic mass is 16.5. The molecule has 0 spiro atoms. The first kappa shape index (κ1) is 19.4. The van der Waals surface area contributed by atoms with Crippen molar-refractivity contribution in [2.24, 2.45) is 12.5 Å². The van der Waals surface area contributed by atoms with E-state index in [9.17, 15) is 4.79 Å². The van der Waals surface area contributed by atoms with Gasteiger partial charge in [-0.2, -0.15) is 0 Å². The monoisotopic (exact) mass is 371 g/mol. The van der Waals surface area contributed by atoms with E-state index < -0.39 is 0 Å². The summed E-state index contributed by atoms with van der Waals surface area (Å²) < 4.78 is 7.80. The summed E-state index contributed by atoms with van der Waals surface area (Å²) in [5, 5.41) is 3.42. The number of carbonyl (C=O) groups is 1. The second kappa shape index (κ2) is 8.52. The Balaban J connectivity index is 1.59. The molecule has 27 heavy (non-hydrogen) atoms. The number of aryl methyl sites for hydroxylation is 1. The molecule has 1 fully saturated rings. The Kier molecular flexibility index (Phi) is 6.11. The minimum atomic E-state index is -0.0528. The zero-order valence-electron chi connectivity index (χ0n) is 16.4. The lowest BCUT2D eigenvalue weighted by Gasteiger charge is -2.33. The molecule has 0 bridgehead atoms. The number of nitrogens with one attached hydrogen (secondary N) is 1. The molecule has 1 saturated heterocycles. The summed E-state index contributed by atoms with van der Waals surface area (Å²) in [4.78, 5) is 23.2. The maximum absolute atomic E-state index is 12.8. The third-order valence-corrected chi connectivity index (χ3v) is 5.16. The molecular formula is C20H29N5O2. The van der Waals surface area contributed by atoms with Gasteiger partial charge in [0.1, 0.15) is 5.82 Å². The van der Waals surface area contributed by atoms with Crippen LogP contribution in [0.25, 0.3) is 0 Å². The van der Waals surface area contributed by atoms with Crippen LogP contribution in [0.1, 0.15) is 42.9 Å². The topological polar surface area (TPSA) is 72.3 Å². The molecule has 1 N–H and O–H groups in total. The van der Waals surface area contributed by atoms with Gasteiger partial charge < -0.3 is 19.5 Å². The number of piperidine rings is 1. The van der Waals surface area contributed by atoms with Crippen molar-refractivity contribution in [3.05, 3.63) is 42.1 Å². The van der Waals surface area contributed by atoms with Gasteiger partial charge in [-0.15, -0.1) is 0 Å². The molecule has 1 amide bonds. The van der Waals surface area contributed by atoms with Crippen LogP contribution in [0.3, 0.4) is 0 Å². The predicted molar refractivity (Wildman–Crippen MR) is 104 cm³/mol. The first-order chi connectivity index (χ1) is 13.0. The van der Waals surface area contributed by atoms with Gasteiger partial charge in [0.15, 0.2) is 0 Å². The molecule has 146 valence electrons. The number of aromatic nitrogens is 3.